The molecule has 2 aromatic carbocycles. The molecule has 2 aromatic rings. The van der Waals surface area contributed by atoms with Gasteiger partial charge < -0.3 is 20.7 Å². The average Bonchev–Trinajstić information content (AvgIpc) is 2.73. The van der Waals surface area contributed by atoms with Crippen LogP contribution in [-0.2, 0) is 6.42 Å². The van der Waals surface area contributed by atoms with Crippen LogP contribution in [0.1, 0.15) is 22.3 Å². The number of nitrogens with one attached hydrogen (secondary N) is 3. The summed E-state index contributed by atoms with van der Waals surface area (Å²) in [5.41, 5.74) is 1.89. The third-order valence-electron chi connectivity index (χ3n) is 4.13. The Bertz CT molecular complexity index is 767. The second-order valence-electron chi connectivity index (χ2n) is 6.14. The van der Waals surface area contributed by atoms with Crippen molar-refractivity contribution < 1.29 is 9.53 Å². The molecule has 0 saturated carbocycles. The third-order valence-corrected chi connectivity index (χ3v) is 4.66. The van der Waals surface area contributed by atoms with E-state index in [1.807, 2.05) is 24.3 Å². The van der Waals surface area contributed by atoms with E-state index in [9.17, 15) is 4.79 Å². The normalized spacial score (nSPS) is 10.7. The average molecular weight is 575 g/mol. The van der Waals surface area contributed by atoms with E-state index in [4.69, 9.17) is 4.74 Å². The molecule has 0 spiro atoms. The number of rotatable bonds is 9. The van der Waals surface area contributed by atoms with Crippen LogP contribution >= 0.6 is 39.9 Å². The SMILES string of the molecule is CN=C(NCCCNC(=O)c1ccc(Br)cc1)NCCc1ccc(OC)cc1.I. The van der Waals surface area contributed by atoms with E-state index in [1.54, 1.807) is 26.3 Å². The van der Waals surface area contributed by atoms with E-state index in [1.165, 1.54) is 5.56 Å². The molecular formula is C21H28BrIN4O2. The van der Waals surface area contributed by atoms with Gasteiger partial charge in [-0.15, -0.1) is 24.0 Å². The van der Waals surface area contributed by atoms with Gasteiger partial charge in [0, 0.05) is 36.7 Å². The number of amides is 1. The maximum atomic E-state index is 12.0. The lowest BCUT2D eigenvalue weighted by atomic mass is 10.1. The number of benzene rings is 2. The van der Waals surface area contributed by atoms with Gasteiger partial charge in [0.2, 0.25) is 0 Å². The molecule has 0 radical (unpaired) electrons. The summed E-state index contributed by atoms with van der Waals surface area (Å²) in [5, 5.41) is 9.47. The molecule has 0 aliphatic heterocycles. The van der Waals surface area contributed by atoms with Gasteiger partial charge in [0.1, 0.15) is 5.75 Å². The molecule has 0 aliphatic carbocycles. The van der Waals surface area contributed by atoms with Crippen LogP contribution in [0.5, 0.6) is 5.75 Å². The highest BCUT2D eigenvalue weighted by atomic mass is 127. The Hall–Kier alpha value is -1.81. The Morgan fingerprint density at radius 1 is 0.966 bits per heavy atom. The molecule has 8 heteroatoms. The Morgan fingerprint density at radius 3 is 2.21 bits per heavy atom. The van der Waals surface area contributed by atoms with Gasteiger partial charge in [-0.2, -0.15) is 0 Å². The van der Waals surface area contributed by atoms with Crippen LogP contribution in [0.3, 0.4) is 0 Å². The van der Waals surface area contributed by atoms with E-state index in [0.29, 0.717) is 12.1 Å². The van der Waals surface area contributed by atoms with Gasteiger partial charge in [-0.05, 0) is 54.8 Å². The fourth-order valence-corrected chi connectivity index (χ4v) is 2.80. The lowest BCUT2D eigenvalue weighted by Gasteiger charge is -2.12. The van der Waals surface area contributed by atoms with Crippen molar-refractivity contribution in [3.05, 3.63) is 64.1 Å². The number of carbonyl (C=O) groups is 1. The number of hydrogen-bond donors (Lipinski definition) is 3. The summed E-state index contributed by atoms with van der Waals surface area (Å²) in [7, 11) is 3.41. The Morgan fingerprint density at radius 2 is 1.59 bits per heavy atom. The fraction of sp³-hybridized carbons (Fsp3) is 0.333. The van der Waals surface area contributed by atoms with Crippen molar-refractivity contribution >= 4 is 51.8 Å². The third kappa shape index (κ3) is 9.49. The summed E-state index contributed by atoms with van der Waals surface area (Å²) in [6.07, 6.45) is 1.70. The Kier molecular flexibility index (Phi) is 12.4. The second-order valence-corrected chi connectivity index (χ2v) is 7.06. The predicted molar refractivity (Wildman–Crippen MR) is 133 cm³/mol. The molecule has 0 bridgehead atoms. The van der Waals surface area contributed by atoms with Crippen LogP contribution in [0.4, 0.5) is 0 Å². The van der Waals surface area contributed by atoms with Crippen molar-refractivity contribution in [3.63, 3.8) is 0 Å². The molecule has 6 nitrogen and oxygen atoms in total. The number of methoxy groups -OCH3 is 1. The quantitative estimate of drug-likeness (QED) is 0.185. The first-order valence-electron chi connectivity index (χ1n) is 9.23. The van der Waals surface area contributed by atoms with E-state index in [2.05, 4.69) is 49.0 Å². The first-order chi connectivity index (χ1) is 13.6. The fourth-order valence-electron chi connectivity index (χ4n) is 2.54. The van der Waals surface area contributed by atoms with Crippen molar-refractivity contribution in [2.45, 2.75) is 12.8 Å². The van der Waals surface area contributed by atoms with Crippen molar-refractivity contribution in [2.24, 2.45) is 4.99 Å². The number of carbonyl (C=O) groups excluding carboxylic acids is 1. The lowest BCUT2D eigenvalue weighted by molar-refractivity contribution is 0.0953. The first-order valence-corrected chi connectivity index (χ1v) is 10.0. The highest BCUT2D eigenvalue weighted by molar-refractivity contribution is 14.0. The van der Waals surface area contributed by atoms with Gasteiger partial charge >= 0.3 is 0 Å². The summed E-state index contributed by atoms with van der Waals surface area (Å²) in [4.78, 5) is 16.3. The van der Waals surface area contributed by atoms with Gasteiger partial charge in [-0.3, -0.25) is 9.79 Å². The molecule has 0 atom stereocenters. The van der Waals surface area contributed by atoms with Crippen LogP contribution < -0.4 is 20.7 Å². The van der Waals surface area contributed by atoms with Crippen LogP contribution in [0.25, 0.3) is 0 Å². The summed E-state index contributed by atoms with van der Waals surface area (Å²) < 4.78 is 6.12. The monoisotopic (exact) mass is 574 g/mol. The minimum Gasteiger partial charge on any atom is -0.497 e. The van der Waals surface area contributed by atoms with Crippen molar-refractivity contribution in [3.8, 4) is 5.75 Å². The molecule has 3 N–H and O–H groups in total. The number of guanidine groups is 1. The van der Waals surface area contributed by atoms with Gasteiger partial charge in [0.25, 0.3) is 5.91 Å². The zero-order valence-electron chi connectivity index (χ0n) is 16.7. The molecule has 0 fully saturated rings. The molecule has 29 heavy (non-hydrogen) atoms. The van der Waals surface area contributed by atoms with Gasteiger partial charge in [0.15, 0.2) is 5.96 Å². The largest absolute Gasteiger partial charge is 0.497 e. The topological polar surface area (TPSA) is 74.8 Å². The number of hydrogen-bond acceptors (Lipinski definition) is 3. The minimum atomic E-state index is -0.0606. The molecule has 0 heterocycles. The van der Waals surface area contributed by atoms with E-state index in [0.717, 1.165) is 42.1 Å². The standard InChI is InChI=1S/C21H27BrN4O2.HI/c1-23-21(26-15-12-16-4-10-19(28-2)11-5-16)25-14-3-13-24-20(27)17-6-8-18(22)9-7-17;/h4-11H,3,12-15H2,1-2H3,(H,24,27)(H2,23,25,26);1H. The Labute approximate surface area is 198 Å². The predicted octanol–water partition coefficient (Wildman–Crippen LogP) is 3.60. The second kappa shape index (κ2) is 14.2. The Balaban J connectivity index is 0.00000420. The number of nitrogens with zero attached hydrogens (tertiary/aromatic N) is 1. The van der Waals surface area contributed by atoms with E-state index in [-0.39, 0.29) is 29.9 Å². The number of halogens is 2. The summed E-state index contributed by atoms with van der Waals surface area (Å²) in [6, 6.07) is 15.4. The van der Waals surface area contributed by atoms with Gasteiger partial charge in [0.05, 0.1) is 7.11 Å². The number of aliphatic imine (C=N–C) groups is 1. The van der Waals surface area contributed by atoms with Crippen LogP contribution in [0.15, 0.2) is 58.0 Å². The highest BCUT2D eigenvalue weighted by Gasteiger charge is 2.04. The van der Waals surface area contributed by atoms with Crippen LogP contribution in [0.2, 0.25) is 0 Å². The zero-order valence-corrected chi connectivity index (χ0v) is 20.6. The molecule has 158 valence electrons. The summed E-state index contributed by atoms with van der Waals surface area (Å²) in [5.74, 6) is 1.56. The first kappa shape index (κ1) is 25.2. The van der Waals surface area contributed by atoms with Crippen molar-refractivity contribution in [1.82, 2.24) is 16.0 Å². The molecule has 2 rings (SSSR count). The van der Waals surface area contributed by atoms with Crippen LogP contribution in [-0.4, -0.2) is 45.7 Å². The zero-order chi connectivity index (χ0) is 20.2. The van der Waals surface area contributed by atoms with Gasteiger partial charge in [-0.25, -0.2) is 0 Å². The molecular weight excluding hydrogens is 547 g/mol. The van der Waals surface area contributed by atoms with E-state index < -0.39 is 0 Å². The summed E-state index contributed by atoms with van der Waals surface area (Å²) in [6.45, 7) is 2.11. The molecule has 0 unspecified atom stereocenters. The van der Waals surface area contributed by atoms with E-state index >= 15 is 0 Å². The summed E-state index contributed by atoms with van der Waals surface area (Å²) >= 11 is 3.36. The molecule has 0 aliphatic rings. The minimum absolute atomic E-state index is 0. The maximum absolute atomic E-state index is 12.0. The smallest absolute Gasteiger partial charge is 0.251 e. The highest BCUT2D eigenvalue weighted by Crippen LogP contribution is 2.11. The molecule has 0 saturated heterocycles. The number of ether oxygens (including phenoxy) is 1. The molecule has 0 aromatic heterocycles. The van der Waals surface area contributed by atoms with Crippen molar-refractivity contribution in [2.75, 3.05) is 33.8 Å². The van der Waals surface area contributed by atoms with Crippen molar-refractivity contribution in [1.29, 1.82) is 0 Å². The maximum Gasteiger partial charge on any atom is 0.251 e. The van der Waals surface area contributed by atoms with Crippen LogP contribution in [0, 0.1) is 0 Å². The lowest BCUT2D eigenvalue weighted by Crippen LogP contribution is -2.39. The molecule has 1 amide bonds. The van der Waals surface area contributed by atoms with Gasteiger partial charge in [-0.1, -0.05) is 28.1 Å².